The molecule has 2 N–H and O–H groups in total. The van der Waals surface area contributed by atoms with Gasteiger partial charge in [0.2, 0.25) is 15.9 Å². The summed E-state index contributed by atoms with van der Waals surface area (Å²) in [5, 5.41) is 4.60. The zero-order chi connectivity index (χ0) is 14.9. The molecule has 0 fully saturated rings. The summed E-state index contributed by atoms with van der Waals surface area (Å²) in [5.74, 6) is -0.0742. The SMILES string of the molecule is CN(C)C(=O)CN1CC(S(N)(=O)=O)Cc2ccccc21. The monoisotopic (exact) mass is 297 g/mol. The topological polar surface area (TPSA) is 83.7 Å². The number of carbonyl (C=O) groups excluding carboxylic acids is 1. The van der Waals surface area contributed by atoms with Crippen LogP contribution in [0, 0.1) is 0 Å². The van der Waals surface area contributed by atoms with Crippen LogP contribution in [-0.2, 0) is 21.2 Å². The van der Waals surface area contributed by atoms with Crippen LogP contribution in [0.25, 0.3) is 0 Å². The van der Waals surface area contributed by atoms with Crippen LogP contribution in [-0.4, -0.2) is 51.7 Å². The zero-order valence-electron chi connectivity index (χ0n) is 11.6. The summed E-state index contributed by atoms with van der Waals surface area (Å²) in [5.41, 5.74) is 1.81. The maximum Gasteiger partial charge on any atom is 0.241 e. The molecule has 1 aromatic rings. The third kappa shape index (κ3) is 3.10. The van der Waals surface area contributed by atoms with E-state index < -0.39 is 15.3 Å². The van der Waals surface area contributed by atoms with Crippen molar-refractivity contribution in [3.63, 3.8) is 0 Å². The Morgan fingerprint density at radius 2 is 2.05 bits per heavy atom. The number of rotatable bonds is 3. The zero-order valence-corrected chi connectivity index (χ0v) is 12.4. The van der Waals surface area contributed by atoms with Gasteiger partial charge in [0, 0.05) is 26.3 Å². The number of hydrogen-bond acceptors (Lipinski definition) is 4. The molecule has 1 atom stereocenters. The summed E-state index contributed by atoms with van der Waals surface area (Å²) in [7, 11) is -0.272. The highest BCUT2D eigenvalue weighted by Gasteiger charge is 2.32. The van der Waals surface area contributed by atoms with Gasteiger partial charge in [-0.1, -0.05) is 18.2 Å². The molecule has 20 heavy (non-hydrogen) atoms. The average molecular weight is 297 g/mol. The van der Waals surface area contributed by atoms with Gasteiger partial charge in [0.15, 0.2) is 0 Å². The molecular weight excluding hydrogens is 278 g/mol. The molecule has 1 amide bonds. The van der Waals surface area contributed by atoms with Crippen LogP contribution in [0.1, 0.15) is 5.56 Å². The second-order valence-electron chi connectivity index (χ2n) is 5.21. The number of nitrogens with two attached hydrogens (primary N) is 1. The van der Waals surface area contributed by atoms with Crippen molar-refractivity contribution in [2.24, 2.45) is 5.14 Å². The van der Waals surface area contributed by atoms with Crippen molar-refractivity contribution < 1.29 is 13.2 Å². The molecule has 2 rings (SSSR count). The molecule has 0 bridgehead atoms. The molecule has 0 spiro atoms. The number of fused-ring (bicyclic) bond motifs is 1. The van der Waals surface area contributed by atoms with Crippen LogP contribution in [0.5, 0.6) is 0 Å². The van der Waals surface area contributed by atoms with Crippen LogP contribution >= 0.6 is 0 Å². The van der Waals surface area contributed by atoms with E-state index in [4.69, 9.17) is 5.14 Å². The molecule has 1 aliphatic rings. The lowest BCUT2D eigenvalue weighted by Gasteiger charge is -2.35. The van der Waals surface area contributed by atoms with Crippen LogP contribution in [0.4, 0.5) is 5.69 Å². The number of para-hydroxylation sites is 1. The Morgan fingerprint density at radius 3 is 2.65 bits per heavy atom. The van der Waals surface area contributed by atoms with Crippen LogP contribution in [0.15, 0.2) is 24.3 Å². The second-order valence-corrected chi connectivity index (χ2v) is 7.06. The number of benzene rings is 1. The number of nitrogens with zero attached hydrogens (tertiary/aromatic N) is 2. The molecule has 0 radical (unpaired) electrons. The minimum Gasteiger partial charge on any atom is -0.361 e. The summed E-state index contributed by atoms with van der Waals surface area (Å²) in [6.07, 6.45) is 0.391. The van der Waals surface area contributed by atoms with E-state index in [9.17, 15) is 13.2 Å². The smallest absolute Gasteiger partial charge is 0.241 e. The Bertz CT molecular complexity index is 613. The van der Waals surface area contributed by atoms with Crippen molar-refractivity contribution in [3.8, 4) is 0 Å². The molecule has 0 aliphatic carbocycles. The Labute approximate surface area is 119 Å². The molecule has 0 saturated heterocycles. The Morgan fingerprint density at radius 1 is 1.40 bits per heavy atom. The normalized spacial score (nSPS) is 18.6. The van der Waals surface area contributed by atoms with Crippen LogP contribution in [0.2, 0.25) is 0 Å². The number of likely N-dealkylation sites (N-methyl/N-ethyl adjacent to an activating group) is 1. The minimum absolute atomic E-state index is 0.0742. The fourth-order valence-electron chi connectivity index (χ4n) is 2.32. The summed E-state index contributed by atoms with van der Waals surface area (Å²) in [6.45, 7) is 0.394. The van der Waals surface area contributed by atoms with Gasteiger partial charge in [-0.3, -0.25) is 4.79 Å². The maximum absolute atomic E-state index is 11.9. The van der Waals surface area contributed by atoms with Gasteiger partial charge < -0.3 is 9.80 Å². The van der Waals surface area contributed by atoms with E-state index in [1.54, 1.807) is 19.0 Å². The lowest BCUT2D eigenvalue weighted by Crippen LogP contribution is -2.48. The first-order chi connectivity index (χ1) is 9.29. The summed E-state index contributed by atoms with van der Waals surface area (Å²) in [6, 6.07) is 7.51. The van der Waals surface area contributed by atoms with E-state index in [2.05, 4.69) is 0 Å². The highest BCUT2D eigenvalue weighted by Crippen LogP contribution is 2.28. The maximum atomic E-state index is 11.9. The van der Waals surface area contributed by atoms with Gasteiger partial charge in [0.1, 0.15) is 0 Å². The number of amides is 1. The lowest BCUT2D eigenvalue weighted by atomic mass is 10.0. The molecule has 0 saturated carbocycles. The summed E-state index contributed by atoms with van der Waals surface area (Å²) < 4.78 is 23.2. The number of sulfonamides is 1. The van der Waals surface area contributed by atoms with E-state index in [1.165, 1.54) is 4.90 Å². The molecule has 1 unspecified atom stereocenters. The molecule has 110 valence electrons. The van der Waals surface area contributed by atoms with Crippen LogP contribution in [0.3, 0.4) is 0 Å². The van der Waals surface area contributed by atoms with Crippen molar-refractivity contribution in [1.29, 1.82) is 0 Å². The van der Waals surface area contributed by atoms with Crippen molar-refractivity contribution in [1.82, 2.24) is 4.90 Å². The predicted molar refractivity (Wildman–Crippen MR) is 77.9 cm³/mol. The standard InChI is InChI=1S/C13H19N3O3S/c1-15(2)13(17)9-16-8-11(20(14,18)19)7-10-5-3-4-6-12(10)16/h3-6,11H,7-9H2,1-2H3,(H2,14,18,19). The number of anilines is 1. The second kappa shape index (κ2) is 5.41. The first-order valence-corrected chi connectivity index (χ1v) is 7.94. The highest BCUT2D eigenvalue weighted by atomic mass is 32.2. The van der Waals surface area contributed by atoms with Gasteiger partial charge in [-0.2, -0.15) is 0 Å². The van der Waals surface area contributed by atoms with Gasteiger partial charge in [-0.05, 0) is 18.1 Å². The van der Waals surface area contributed by atoms with Crippen molar-refractivity contribution in [3.05, 3.63) is 29.8 Å². The van der Waals surface area contributed by atoms with Crippen molar-refractivity contribution >= 4 is 21.6 Å². The molecule has 1 heterocycles. The largest absolute Gasteiger partial charge is 0.361 e. The molecular formula is C13H19N3O3S. The van der Waals surface area contributed by atoms with E-state index >= 15 is 0 Å². The first kappa shape index (κ1) is 14.8. The molecule has 1 aliphatic heterocycles. The lowest BCUT2D eigenvalue weighted by molar-refractivity contribution is -0.127. The number of carbonyl (C=O) groups is 1. The molecule has 1 aromatic carbocycles. The van der Waals surface area contributed by atoms with E-state index in [0.717, 1.165) is 11.3 Å². The third-order valence-corrected chi connectivity index (χ3v) is 4.74. The third-order valence-electron chi connectivity index (χ3n) is 3.49. The summed E-state index contributed by atoms with van der Waals surface area (Å²) in [4.78, 5) is 15.2. The first-order valence-electron chi connectivity index (χ1n) is 6.33. The quantitative estimate of drug-likeness (QED) is 0.837. The van der Waals surface area contributed by atoms with E-state index in [1.807, 2.05) is 24.3 Å². The van der Waals surface area contributed by atoms with E-state index in [0.29, 0.717) is 6.42 Å². The van der Waals surface area contributed by atoms with Crippen molar-refractivity contribution in [2.45, 2.75) is 11.7 Å². The van der Waals surface area contributed by atoms with Crippen molar-refractivity contribution in [2.75, 3.05) is 32.1 Å². The van der Waals surface area contributed by atoms with Gasteiger partial charge in [0.25, 0.3) is 0 Å². The van der Waals surface area contributed by atoms with Gasteiger partial charge in [-0.25, -0.2) is 13.6 Å². The fraction of sp³-hybridized carbons (Fsp3) is 0.462. The molecule has 6 nitrogen and oxygen atoms in total. The van der Waals surface area contributed by atoms with Gasteiger partial charge >= 0.3 is 0 Å². The fourth-order valence-corrected chi connectivity index (χ4v) is 3.12. The Kier molecular flexibility index (Phi) is 4.01. The number of primary sulfonamides is 1. The predicted octanol–water partition coefficient (Wildman–Crippen LogP) is -0.206. The minimum atomic E-state index is -3.62. The van der Waals surface area contributed by atoms with Gasteiger partial charge in [0.05, 0.1) is 11.8 Å². The van der Waals surface area contributed by atoms with Gasteiger partial charge in [-0.15, -0.1) is 0 Å². The van der Waals surface area contributed by atoms with E-state index in [-0.39, 0.29) is 19.0 Å². The summed E-state index contributed by atoms with van der Waals surface area (Å²) >= 11 is 0. The number of hydrogen-bond donors (Lipinski definition) is 1. The van der Waals surface area contributed by atoms with Crippen LogP contribution < -0.4 is 10.0 Å². The Hall–Kier alpha value is -1.60. The molecule has 7 heteroatoms. The molecule has 0 aromatic heterocycles. The highest BCUT2D eigenvalue weighted by molar-refractivity contribution is 7.89. The average Bonchev–Trinajstić information content (AvgIpc) is 2.37. The Balaban J connectivity index is 2.32.